The van der Waals surface area contributed by atoms with Gasteiger partial charge in [0.2, 0.25) is 0 Å². The van der Waals surface area contributed by atoms with Crippen LogP contribution in [-0.2, 0) is 6.54 Å². The van der Waals surface area contributed by atoms with E-state index in [-0.39, 0.29) is 0 Å². The van der Waals surface area contributed by atoms with Crippen LogP contribution in [0.4, 0.5) is 0 Å². The Morgan fingerprint density at radius 3 is 2.73 bits per heavy atom. The van der Waals surface area contributed by atoms with Crippen molar-refractivity contribution >= 4 is 0 Å². The number of nitrogens with one attached hydrogen (secondary N) is 1. The molecule has 1 aliphatic rings. The minimum atomic E-state index is 0.829. The molecule has 1 fully saturated rings. The molecule has 0 atom stereocenters. The molecule has 0 unspecified atom stereocenters. The molecule has 0 aromatic heterocycles. The van der Waals surface area contributed by atoms with E-state index in [9.17, 15) is 0 Å². The van der Waals surface area contributed by atoms with Crippen LogP contribution in [0.5, 0.6) is 0 Å². The summed E-state index contributed by atoms with van der Waals surface area (Å²) in [5.41, 5.74) is 2.98. The zero-order valence-corrected chi connectivity index (χ0v) is 9.63. The molecule has 1 N–H and O–H groups in total. The van der Waals surface area contributed by atoms with Crippen molar-refractivity contribution in [3.63, 3.8) is 0 Å². The molecule has 1 nitrogen and oxygen atoms in total. The maximum Gasteiger partial charge on any atom is 0.0202 e. The van der Waals surface area contributed by atoms with Gasteiger partial charge in [0.15, 0.2) is 0 Å². The van der Waals surface area contributed by atoms with E-state index >= 15 is 0 Å². The summed E-state index contributed by atoms with van der Waals surface area (Å²) >= 11 is 0. The van der Waals surface area contributed by atoms with E-state index in [1.54, 1.807) is 5.56 Å². The van der Waals surface area contributed by atoms with Gasteiger partial charge in [0, 0.05) is 6.54 Å². The van der Waals surface area contributed by atoms with Gasteiger partial charge < -0.3 is 5.32 Å². The van der Waals surface area contributed by atoms with E-state index in [1.807, 2.05) is 7.05 Å². The van der Waals surface area contributed by atoms with Gasteiger partial charge >= 0.3 is 0 Å². The van der Waals surface area contributed by atoms with Crippen molar-refractivity contribution < 1.29 is 0 Å². The summed E-state index contributed by atoms with van der Waals surface area (Å²) in [6.45, 7) is 0.987. The fourth-order valence-electron chi connectivity index (χ4n) is 2.60. The molecule has 1 heteroatoms. The predicted molar refractivity (Wildman–Crippen MR) is 65.0 cm³/mol. The van der Waals surface area contributed by atoms with E-state index in [0.717, 1.165) is 12.5 Å². The first-order valence-corrected chi connectivity index (χ1v) is 6.13. The Kier molecular flexibility index (Phi) is 3.79. The molecule has 0 heterocycles. The summed E-state index contributed by atoms with van der Waals surface area (Å²) in [7, 11) is 2.01. The van der Waals surface area contributed by atoms with Crippen molar-refractivity contribution in [2.75, 3.05) is 7.05 Å². The summed E-state index contributed by atoms with van der Waals surface area (Å²) in [6, 6.07) is 9.10. The van der Waals surface area contributed by atoms with Crippen LogP contribution in [0.15, 0.2) is 24.3 Å². The normalized spacial score (nSPS) is 17.9. The Morgan fingerprint density at radius 2 is 2.00 bits per heavy atom. The molecule has 0 saturated heterocycles. The maximum atomic E-state index is 3.21. The van der Waals surface area contributed by atoms with Crippen molar-refractivity contribution in [2.45, 2.75) is 44.6 Å². The quantitative estimate of drug-likeness (QED) is 0.793. The van der Waals surface area contributed by atoms with E-state index < -0.39 is 0 Å². The topological polar surface area (TPSA) is 12.0 Å². The van der Waals surface area contributed by atoms with Gasteiger partial charge in [0.05, 0.1) is 0 Å². The summed E-state index contributed by atoms with van der Waals surface area (Å²) in [5, 5.41) is 3.21. The van der Waals surface area contributed by atoms with Crippen LogP contribution in [-0.4, -0.2) is 7.05 Å². The van der Waals surface area contributed by atoms with Crippen LogP contribution < -0.4 is 5.32 Å². The molecule has 0 bridgehead atoms. The second kappa shape index (κ2) is 5.32. The lowest BCUT2D eigenvalue weighted by molar-refractivity contribution is 0.443. The van der Waals surface area contributed by atoms with Crippen LogP contribution in [0, 0.1) is 0 Å². The van der Waals surface area contributed by atoms with E-state index in [1.165, 1.54) is 37.7 Å². The fourth-order valence-corrected chi connectivity index (χ4v) is 2.60. The van der Waals surface area contributed by atoms with Crippen molar-refractivity contribution in [2.24, 2.45) is 0 Å². The second-order valence-electron chi connectivity index (χ2n) is 4.61. The van der Waals surface area contributed by atoms with Gasteiger partial charge in [-0.2, -0.15) is 0 Å². The molecule has 0 amide bonds. The van der Waals surface area contributed by atoms with Crippen LogP contribution in [0.25, 0.3) is 0 Å². The summed E-state index contributed by atoms with van der Waals surface area (Å²) in [5.74, 6) is 0.829. The summed E-state index contributed by atoms with van der Waals surface area (Å²) < 4.78 is 0. The highest BCUT2D eigenvalue weighted by Crippen LogP contribution is 2.32. The zero-order chi connectivity index (χ0) is 10.5. The fraction of sp³-hybridized carbons (Fsp3) is 0.571. The highest BCUT2D eigenvalue weighted by atomic mass is 14.8. The lowest BCUT2D eigenvalue weighted by Gasteiger charge is -2.22. The van der Waals surface area contributed by atoms with Gasteiger partial charge in [-0.15, -0.1) is 0 Å². The number of benzene rings is 1. The Hall–Kier alpha value is -0.820. The molecule has 82 valence electrons. The Labute approximate surface area is 92.9 Å². The first-order valence-electron chi connectivity index (χ1n) is 6.13. The first-order chi connectivity index (χ1) is 7.40. The Balaban J connectivity index is 2.09. The van der Waals surface area contributed by atoms with Crippen molar-refractivity contribution in [3.05, 3.63) is 35.4 Å². The van der Waals surface area contributed by atoms with Gasteiger partial charge in [-0.05, 0) is 36.9 Å². The van der Waals surface area contributed by atoms with E-state index in [2.05, 4.69) is 29.6 Å². The molecule has 1 aliphatic carbocycles. The average Bonchev–Trinajstić information content (AvgIpc) is 2.31. The summed E-state index contributed by atoms with van der Waals surface area (Å²) in [6.07, 6.45) is 7.06. The van der Waals surface area contributed by atoms with E-state index in [4.69, 9.17) is 0 Å². The first kappa shape index (κ1) is 10.7. The third-order valence-corrected chi connectivity index (χ3v) is 3.41. The Bertz CT molecular complexity index is 300. The molecular weight excluding hydrogens is 182 g/mol. The third-order valence-electron chi connectivity index (χ3n) is 3.41. The van der Waals surface area contributed by atoms with Gasteiger partial charge in [0.25, 0.3) is 0 Å². The predicted octanol–water partition coefficient (Wildman–Crippen LogP) is 3.45. The molecule has 15 heavy (non-hydrogen) atoms. The highest BCUT2D eigenvalue weighted by Gasteiger charge is 2.15. The number of hydrogen-bond donors (Lipinski definition) is 1. The smallest absolute Gasteiger partial charge is 0.0202 e. The van der Waals surface area contributed by atoms with Crippen LogP contribution in [0.3, 0.4) is 0 Å². The maximum absolute atomic E-state index is 3.21. The van der Waals surface area contributed by atoms with Gasteiger partial charge in [0.1, 0.15) is 0 Å². The Morgan fingerprint density at radius 1 is 1.20 bits per heavy atom. The van der Waals surface area contributed by atoms with Gasteiger partial charge in [-0.3, -0.25) is 0 Å². The molecule has 1 saturated carbocycles. The molecule has 1 aromatic rings. The minimum Gasteiger partial charge on any atom is -0.316 e. The molecule has 0 spiro atoms. The van der Waals surface area contributed by atoms with Crippen LogP contribution in [0.2, 0.25) is 0 Å². The number of rotatable bonds is 3. The summed E-state index contributed by atoms with van der Waals surface area (Å²) in [4.78, 5) is 0. The highest BCUT2D eigenvalue weighted by molar-refractivity contribution is 5.26. The largest absolute Gasteiger partial charge is 0.316 e. The monoisotopic (exact) mass is 203 g/mol. The lowest BCUT2D eigenvalue weighted by Crippen LogP contribution is -2.08. The van der Waals surface area contributed by atoms with Crippen molar-refractivity contribution in [3.8, 4) is 0 Å². The van der Waals surface area contributed by atoms with Gasteiger partial charge in [-0.25, -0.2) is 0 Å². The molecule has 1 aromatic carbocycles. The van der Waals surface area contributed by atoms with Crippen LogP contribution >= 0.6 is 0 Å². The van der Waals surface area contributed by atoms with Crippen molar-refractivity contribution in [1.29, 1.82) is 0 Å². The van der Waals surface area contributed by atoms with Crippen LogP contribution in [0.1, 0.15) is 49.1 Å². The van der Waals surface area contributed by atoms with E-state index in [0.29, 0.717) is 0 Å². The number of hydrogen-bond acceptors (Lipinski definition) is 1. The second-order valence-corrected chi connectivity index (χ2v) is 4.61. The zero-order valence-electron chi connectivity index (χ0n) is 9.63. The molecular formula is C14H21N. The molecule has 0 radical (unpaired) electrons. The molecule has 0 aliphatic heterocycles. The SMILES string of the molecule is CNCc1cccc(C2CCCCC2)c1. The minimum absolute atomic E-state index is 0.829. The van der Waals surface area contributed by atoms with Crippen molar-refractivity contribution in [1.82, 2.24) is 5.32 Å². The third kappa shape index (κ3) is 2.82. The average molecular weight is 203 g/mol. The lowest BCUT2D eigenvalue weighted by atomic mass is 9.84. The molecule has 2 rings (SSSR count). The van der Waals surface area contributed by atoms with Gasteiger partial charge in [-0.1, -0.05) is 43.5 Å². The standard InChI is InChI=1S/C14H21N/c1-15-11-12-6-5-9-14(10-12)13-7-3-2-4-8-13/h5-6,9-10,13,15H,2-4,7-8,11H2,1H3.